The Labute approximate surface area is 180 Å². The summed E-state index contributed by atoms with van der Waals surface area (Å²) in [6.07, 6.45) is 4.16. The number of nitrogens with zero attached hydrogens (tertiary/aromatic N) is 4. The fourth-order valence-corrected chi connectivity index (χ4v) is 4.36. The summed E-state index contributed by atoms with van der Waals surface area (Å²) in [5, 5.41) is 4.37. The van der Waals surface area contributed by atoms with E-state index in [4.69, 9.17) is 14.2 Å². The molecular weight excluding hydrogens is 400 g/mol. The summed E-state index contributed by atoms with van der Waals surface area (Å²) in [4.78, 5) is 29.4. The zero-order valence-electron chi connectivity index (χ0n) is 17.6. The highest BCUT2D eigenvalue weighted by Crippen LogP contribution is 2.35. The van der Waals surface area contributed by atoms with Gasteiger partial charge in [0.1, 0.15) is 5.75 Å². The third-order valence-electron chi connectivity index (χ3n) is 6.10. The van der Waals surface area contributed by atoms with E-state index in [-0.39, 0.29) is 18.6 Å². The fourth-order valence-electron chi connectivity index (χ4n) is 4.36. The summed E-state index contributed by atoms with van der Waals surface area (Å²) in [6, 6.07) is 5.27. The summed E-state index contributed by atoms with van der Waals surface area (Å²) >= 11 is 0. The Bertz CT molecular complexity index is 996. The molecule has 0 saturated carbocycles. The first kappa shape index (κ1) is 19.7. The average molecular weight is 426 g/mol. The highest BCUT2D eigenvalue weighted by atomic mass is 16.7. The topological polar surface area (TPSA) is 86.1 Å². The normalized spacial score (nSPS) is 18.5. The van der Waals surface area contributed by atoms with Crippen molar-refractivity contribution in [1.29, 1.82) is 0 Å². The van der Waals surface area contributed by atoms with Crippen LogP contribution in [0.5, 0.6) is 17.2 Å². The van der Waals surface area contributed by atoms with Crippen LogP contribution in [-0.2, 0) is 17.8 Å². The molecule has 3 aliphatic rings. The van der Waals surface area contributed by atoms with Crippen molar-refractivity contribution in [1.82, 2.24) is 19.6 Å². The molecule has 0 N–H and O–H groups in total. The Balaban J connectivity index is 1.17. The molecule has 2 aromatic rings. The van der Waals surface area contributed by atoms with Crippen LogP contribution in [-0.4, -0.2) is 70.5 Å². The number of rotatable bonds is 4. The number of hydrogen-bond acceptors (Lipinski definition) is 6. The molecule has 0 spiro atoms. The Morgan fingerprint density at radius 2 is 1.81 bits per heavy atom. The van der Waals surface area contributed by atoms with Crippen LogP contribution in [0.25, 0.3) is 0 Å². The van der Waals surface area contributed by atoms with Gasteiger partial charge in [-0.15, -0.1) is 0 Å². The van der Waals surface area contributed by atoms with Crippen molar-refractivity contribution in [2.75, 3.05) is 33.0 Å². The molecule has 1 saturated heterocycles. The molecule has 1 aromatic carbocycles. The molecule has 0 bridgehead atoms. The van der Waals surface area contributed by atoms with Gasteiger partial charge in [-0.05, 0) is 38.3 Å². The number of aromatic nitrogens is 2. The van der Waals surface area contributed by atoms with Crippen molar-refractivity contribution in [3.05, 3.63) is 35.7 Å². The van der Waals surface area contributed by atoms with Gasteiger partial charge in [0.15, 0.2) is 17.6 Å². The van der Waals surface area contributed by atoms with Gasteiger partial charge in [-0.1, -0.05) is 0 Å². The summed E-state index contributed by atoms with van der Waals surface area (Å²) in [5.41, 5.74) is 1.75. The van der Waals surface area contributed by atoms with E-state index in [1.165, 1.54) is 0 Å². The zero-order chi connectivity index (χ0) is 21.4. The van der Waals surface area contributed by atoms with E-state index in [0.29, 0.717) is 49.0 Å². The Hall–Kier alpha value is -3.23. The highest BCUT2D eigenvalue weighted by Gasteiger charge is 2.30. The van der Waals surface area contributed by atoms with Crippen LogP contribution < -0.4 is 14.2 Å². The molecule has 9 heteroatoms. The lowest BCUT2D eigenvalue weighted by Crippen LogP contribution is -2.53. The van der Waals surface area contributed by atoms with E-state index in [1.54, 1.807) is 36.2 Å². The number of piperazine rings is 1. The van der Waals surface area contributed by atoms with E-state index in [9.17, 15) is 9.59 Å². The predicted octanol–water partition coefficient (Wildman–Crippen LogP) is 1.70. The summed E-state index contributed by atoms with van der Waals surface area (Å²) < 4.78 is 18.4. The fraction of sp³-hybridized carbons (Fsp3) is 0.500. The van der Waals surface area contributed by atoms with Crippen molar-refractivity contribution in [2.24, 2.45) is 0 Å². The van der Waals surface area contributed by atoms with Crippen LogP contribution in [0.1, 0.15) is 35.8 Å². The third kappa shape index (κ3) is 3.80. The molecule has 1 fully saturated rings. The minimum atomic E-state index is -0.634. The lowest BCUT2D eigenvalue weighted by atomic mass is 10.1. The second-order valence-corrected chi connectivity index (χ2v) is 8.08. The largest absolute Gasteiger partial charge is 0.481 e. The van der Waals surface area contributed by atoms with Crippen molar-refractivity contribution >= 4 is 11.8 Å². The van der Waals surface area contributed by atoms with Gasteiger partial charge in [0.05, 0.1) is 17.5 Å². The Morgan fingerprint density at radius 3 is 2.65 bits per heavy atom. The van der Waals surface area contributed by atoms with Crippen LogP contribution in [0, 0.1) is 0 Å². The number of hydrogen-bond donors (Lipinski definition) is 0. The van der Waals surface area contributed by atoms with Crippen LogP contribution in [0.15, 0.2) is 24.4 Å². The van der Waals surface area contributed by atoms with Gasteiger partial charge in [-0.2, -0.15) is 5.10 Å². The van der Waals surface area contributed by atoms with Gasteiger partial charge in [0.2, 0.25) is 6.79 Å². The van der Waals surface area contributed by atoms with E-state index in [1.807, 2.05) is 9.58 Å². The second kappa shape index (κ2) is 8.13. The smallest absolute Gasteiger partial charge is 0.263 e. The second-order valence-electron chi connectivity index (χ2n) is 8.08. The van der Waals surface area contributed by atoms with E-state index in [2.05, 4.69) is 5.10 Å². The van der Waals surface area contributed by atoms with Gasteiger partial charge in [0, 0.05) is 38.8 Å². The SMILES string of the molecule is CC(Oc1ccc2c(c1)OCO2)C(=O)N1CCN(C(=O)c2cnn3c2CCCC3)CC1. The molecule has 2 amide bonds. The van der Waals surface area contributed by atoms with Crippen LogP contribution in [0.3, 0.4) is 0 Å². The molecule has 5 rings (SSSR count). The Morgan fingerprint density at radius 1 is 1.03 bits per heavy atom. The molecule has 3 aliphatic heterocycles. The third-order valence-corrected chi connectivity index (χ3v) is 6.10. The number of aryl methyl sites for hydroxylation is 1. The number of carbonyl (C=O) groups excluding carboxylic acids is 2. The molecule has 9 nitrogen and oxygen atoms in total. The van der Waals surface area contributed by atoms with Crippen LogP contribution in [0.4, 0.5) is 0 Å². The molecule has 0 radical (unpaired) electrons. The first-order chi connectivity index (χ1) is 15.1. The lowest BCUT2D eigenvalue weighted by Gasteiger charge is -2.36. The molecule has 4 heterocycles. The number of carbonyl (C=O) groups is 2. The van der Waals surface area contributed by atoms with E-state index >= 15 is 0 Å². The van der Waals surface area contributed by atoms with Crippen molar-refractivity contribution in [3.8, 4) is 17.2 Å². The quantitative estimate of drug-likeness (QED) is 0.740. The summed E-state index contributed by atoms with van der Waals surface area (Å²) in [5.74, 6) is 1.77. The average Bonchev–Trinajstić information content (AvgIpc) is 3.45. The number of ether oxygens (including phenoxy) is 3. The van der Waals surface area contributed by atoms with Gasteiger partial charge in [0.25, 0.3) is 11.8 Å². The molecule has 1 aromatic heterocycles. The monoisotopic (exact) mass is 426 g/mol. The van der Waals surface area contributed by atoms with Gasteiger partial charge >= 0.3 is 0 Å². The van der Waals surface area contributed by atoms with E-state index in [0.717, 1.165) is 31.5 Å². The van der Waals surface area contributed by atoms with Crippen LogP contribution >= 0.6 is 0 Å². The van der Waals surface area contributed by atoms with Gasteiger partial charge < -0.3 is 24.0 Å². The first-order valence-electron chi connectivity index (χ1n) is 10.8. The molecule has 31 heavy (non-hydrogen) atoms. The van der Waals surface area contributed by atoms with Gasteiger partial charge in [-0.25, -0.2) is 0 Å². The highest BCUT2D eigenvalue weighted by molar-refractivity contribution is 5.95. The molecule has 0 aliphatic carbocycles. The number of amides is 2. The van der Waals surface area contributed by atoms with Gasteiger partial charge in [-0.3, -0.25) is 14.3 Å². The Kier molecular flexibility index (Phi) is 5.17. The molecule has 164 valence electrons. The number of benzene rings is 1. The van der Waals surface area contributed by atoms with Crippen molar-refractivity contribution in [3.63, 3.8) is 0 Å². The summed E-state index contributed by atoms with van der Waals surface area (Å²) in [6.45, 7) is 4.80. The predicted molar refractivity (Wildman–Crippen MR) is 110 cm³/mol. The zero-order valence-corrected chi connectivity index (χ0v) is 17.6. The maximum atomic E-state index is 13.0. The summed E-state index contributed by atoms with van der Waals surface area (Å²) in [7, 11) is 0. The number of fused-ring (bicyclic) bond motifs is 2. The molecule has 1 unspecified atom stereocenters. The minimum Gasteiger partial charge on any atom is -0.481 e. The minimum absolute atomic E-state index is 0.0138. The van der Waals surface area contributed by atoms with E-state index < -0.39 is 6.10 Å². The maximum Gasteiger partial charge on any atom is 0.263 e. The van der Waals surface area contributed by atoms with Crippen LogP contribution in [0.2, 0.25) is 0 Å². The standard InChI is InChI=1S/C22H26N4O5/c1-15(31-16-5-6-19-20(12-16)30-14-29-19)21(27)24-8-10-25(11-9-24)22(28)17-13-23-26-7-3-2-4-18(17)26/h5-6,12-13,15H,2-4,7-11,14H2,1H3. The van der Waals surface area contributed by atoms with Crippen molar-refractivity contribution < 1.29 is 23.8 Å². The first-order valence-corrected chi connectivity index (χ1v) is 10.8. The maximum absolute atomic E-state index is 13.0. The molecular formula is C22H26N4O5. The molecule has 1 atom stereocenters. The van der Waals surface area contributed by atoms with Crippen molar-refractivity contribution in [2.45, 2.75) is 38.8 Å². The lowest BCUT2D eigenvalue weighted by molar-refractivity contribution is -0.139.